The highest BCUT2D eigenvalue weighted by atomic mass is 16.5. The zero-order chi connectivity index (χ0) is 20.2. The predicted octanol–water partition coefficient (Wildman–Crippen LogP) is 0.184. The average molecular weight is 376 g/mol. The first-order valence-electron chi connectivity index (χ1n) is 8.42. The van der Waals surface area contributed by atoms with Gasteiger partial charge in [0.2, 0.25) is 11.8 Å². The molecule has 1 rings (SSSR count). The van der Waals surface area contributed by atoms with Gasteiger partial charge in [0.05, 0.1) is 18.6 Å². The summed E-state index contributed by atoms with van der Waals surface area (Å²) in [6.07, 6.45) is -2.16. The number of carbonyl (C=O) groups is 3. The number of ether oxygens (including phenoxy) is 1. The van der Waals surface area contributed by atoms with Gasteiger partial charge in [-0.3, -0.25) is 9.59 Å². The number of nitrogens with one attached hydrogen (secondary N) is 2. The van der Waals surface area contributed by atoms with Gasteiger partial charge in [0.15, 0.2) is 0 Å². The standard InChI is InChI=1S/C18H24N4O5/c1-12(9-19)7-15(17(20)25)22-16(24)8-14(23)10-21-18(26)27-11-13-5-3-2-4-6-13/h2-6,12,14-15,23H,7-8,10-11H2,1H3,(H2,20,25)(H,21,26)(H,22,24)/t12-,14-,15+/m0/s1. The van der Waals surface area contributed by atoms with Gasteiger partial charge in [0.25, 0.3) is 0 Å². The molecule has 0 aliphatic heterocycles. The van der Waals surface area contributed by atoms with Crippen LogP contribution in [0.5, 0.6) is 0 Å². The normalized spacial score (nSPS) is 13.5. The summed E-state index contributed by atoms with van der Waals surface area (Å²) in [6.45, 7) is 1.49. The van der Waals surface area contributed by atoms with Crippen molar-refractivity contribution in [1.29, 1.82) is 5.26 Å². The van der Waals surface area contributed by atoms with Gasteiger partial charge < -0.3 is 26.2 Å². The Morgan fingerprint density at radius 2 is 1.96 bits per heavy atom. The molecule has 0 unspecified atom stereocenters. The fourth-order valence-corrected chi connectivity index (χ4v) is 2.17. The second-order valence-electron chi connectivity index (χ2n) is 6.09. The van der Waals surface area contributed by atoms with Crippen molar-refractivity contribution < 1.29 is 24.2 Å². The van der Waals surface area contributed by atoms with Crippen LogP contribution < -0.4 is 16.4 Å². The fraction of sp³-hybridized carbons (Fsp3) is 0.444. The molecule has 0 aliphatic carbocycles. The van der Waals surface area contributed by atoms with Crippen molar-refractivity contribution in [2.24, 2.45) is 11.7 Å². The zero-order valence-corrected chi connectivity index (χ0v) is 15.1. The van der Waals surface area contributed by atoms with Crippen molar-refractivity contribution in [2.75, 3.05) is 6.54 Å². The molecule has 27 heavy (non-hydrogen) atoms. The van der Waals surface area contributed by atoms with E-state index in [1.165, 1.54) is 0 Å². The van der Waals surface area contributed by atoms with Crippen LogP contribution in [-0.4, -0.2) is 41.7 Å². The van der Waals surface area contributed by atoms with E-state index in [1.807, 2.05) is 24.3 Å². The number of rotatable bonds is 10. The van der Waals surface area contributed by atoms with Crippen LogP contribution in [0.3, 0.4) is 0 Å². The molecule has 0 radical (unpaired) electrons. The molecule has 3 atom stereocenters. The highest BCUT2D eigenvalue weighted by molar-refractivity contribution is 5.86. The highest BCUT2D eigenvalue weighted by Crippen LogP contribution is 2.05. The Bertz CT molecular complexity index is 674. The summed E-state index contributed by atoms with van der Waals surface area (Å²) in [5, 5.41) is 23.3. The molecule has 3 amide bonds. The van der Waals surface area contributed by atoms with Crippen LogP contribution in [0.2, 0.25) is 0 Å². The molecule has 5 N–H and O–H groups in total. The molecule has 0 aromatic heterocycles. The lowest BCUT2D eigenvalue weighted by atomic mass is 10.0. The van der Waals surface area contributed by atoms with Crippen LogP contribution in [0.1, 0.15) is 25.3 Å². The van der Waals surface area contributed by atoms with Crippen molar-refractivity contribution in [3.63, 3.8) is 0 Å². The van der Waals surface area contributed by atoms with Gasteiger partial charge in [-0.25, -0.2) is 4.79 Å². The van der Waals surface area contributed by atoms with E-state index in [1.54, 1.807) is 19.1 Å². The Kier molecular flexibility index (Phi) is 9.33. The first kappa shape index (κ1) is 21.9. The van der Waals surface area contributed by atoms with Gasteiger partial charge in [0.1, 0.15) is 12.6 Å². The third-order valence-corrected chi connectivity index (χ3v) is 3.60. The predicted molar refractivity (Wildman–Crippen MR) is 95.8 cm³/mol. The average Bonchev–Trinajstić information content (AvgIpc) is 2.64. The number of amides is 3. The summed E-state index contributed by atoms with van der Waals surface area (Å²) in [7, 11) is 0. The summed E-state index contributed by atoms with van der Waals surface area (Å²) >= 11 is 0. The maximum absolute atomic E-state index is 11.9. The van der Waals surface area contributed by atoms with E-state index in [0.29, 0.717) is 0 Å². The molecular formula is C18H24N4O5. The maximum Gasteiger partial charge on any atom is 0.407 e. The Morgan fingerprint density at radius 3 is 2.56 bits per heavy atom. The number of aliphatic hydroxyl groups excluding tert-OH is 1. The smallest absolute Gasteiger partial charge is 0.407 e. The second-order valence-corrected chi connectivity index (χ2v) is 6.09. The molecular weight excluding hydrogens is 352 g/mol. The van der Waals surface area contributed by atoms with Crippen LogP contribution in [0.15, 0.2) is 30.3 Å². The van der Waals surface area contributed by atoms with E-state index in [4.69, 9.17) is 15.7 Å². The summed E-state index contributed by atoms with van der Waals surface area (Å²) in [6, 6.07) is 10.0. The van der Waals surface area contributed by atoms with Crippen LogP contribution in [0.25, 0.3) is 0 Å². The van der Waals surface area contributed by atoms with E-state index in [2.05, 4.69) is 10.6 Å². The van der Waals surface area contributed by atoms with E-state index in [0.717, 1.165) is 5.56 Å². The number of benzene rings is 1. The third kappa shape index (κ3) is 9.23. The molecule has 0 saturated carbocycles. The second kappa shape index (κ2) is 11.5. The molecule has 9 nitrogen and oxygen atoms in total. The highest BCUT2D eigenvalue weighted by Gasteiger charge is 2.22. The van der Waals surface area contributed by atoms with Gasteiger partial charge in [-0.15, -0.1) is 0 Å². The molecule has 0 fully saturated rings. The third-order valence-electron chi connectivity index (χ3n) is 3.60. The van der Waals surface area contributed by atoms with Crippen LogP contribution in [0, 0.1) is 17.2 Å². The van der Waals surface area contributed by atoms with Gasteiger partial charge in [0, 0.05) is 12.5 Å². The molecule has 0 bridgehead atoms. The Balaban J connectivity index is 2.32. The van der Waals surface area contributed by atoms with E-state index < -0.39 is 36.0 Å². The minimum atomic E-state index is -1.17. The SMILES string of the molecule is C[C@H](C#N)C[C@@H](NC(=O)C[C@H](O)CNC(=O)OCc1ccccc1)C(N)=O. The quantitative estimate of drug-likeness (QED) is 0.457. The lowest BCUT2D eigenvalue weighted by Crippen LogP contribution is -2.46. The topological polar surface area (TPSA) is 155 Å². The molecule has 0 saturated heterocycles. The van der Waals surface area contributed by atoms with Gasteiger partial charge in [-0.1, -0.05) is 30.3 Å². The molecule has 0 aliphatic rings. The first-order valence-corrected chi connectivity index (χ1v) is 8.42. The summed E-state index contributed by atoms with van der Waals surface area (Å²) in [5.41, 5.74) is 6.02. The largest absolute Gasteiger partial charge is 0.445 e. The zero-order valence-electron chi connectivity index (χ0n) is 15.1. The van der Waals surface area contributed by atoms with Crippen molar-refractivity contribution in [3.05, 3.63) is 35.9 Å². The van der Waals surface area contributed by atoms with Crippen LogP contribution in [0.4, 0.5) is 4.79 Å². The molecule has 0 spiro atoms. The number of hydrogen-bond acceptors (Lipinski definition) is 6. The summed E-state index contributed by atoms with van der Waals surface area (Å²) in [4.78, 5) is 34.8. The monoisotopic (exact) mass is 376 g/mol. The van der Waals surface area contributed by atoms with Gasteiger partial charge in [-0.2, -0.15) is 5.26 Å². The van der Waals surface area contributed by atoms with Crippen molar-refractivity contribution in [1.82, 2.24) is 10.6 Å². The summed E-state index contributed by atoms with van der Waals surface area (Å²) in [5.74, 6) is -1.84. The molecule has 0 heterocycles. The van der Waals surface area contributed by atoms with Gasteiger partial charge >= 0.3 is 6.09 Å². The number of nitriles is 1. The van der Waals surface area contributed by atoms with Crippen molar-refractivity contribution in [2.45, 2.75) is 38.5 Å². The fourth-order valence-electron chi connectivity index (χ4n) is 2.17. The number of primary amides is 1. The van der Waals surface area contributed by atoms with Crippen molar-refractivity contribution in [3.8, 4) is 6.07 Å². The maximum atomic E-state index is 11.9. The number of nitrogens with two attached hydrogens (primary N) is 1. The van der Waals surface area contributed by atoms with Crippen LogP contribution >= 0.6 is 0 Å². The summed E-state index contributed by atoms with van der Waals surface area (Å²) < 4.78 is 4.98. The number of nitrogens with zero attached hydrogens (tertiary/aromatic N) is 1. The van der Waals surface area contributed by atoms with Crippen LogP contribution in [-0.2, 0) is 20.9 Å². The molecule has 146 valence electrons. The molecule has 1 aromatic rings. The van der Waals surface area contributed by atoms with Gasteiger partial charge in [-0.05, 0) is 18.9 Å². The number of hydrogen-bond donors (Lipinski definition) is 4. The van der Waals surface area contributed by atoms with Crippen molar-refractivity contribution >= 4 is 17.9 Å². The number of alkyl carbamates (subject to hydrolysis) is 1. The molecule has 1 aromatic carbocycles. The minimum Gasteiger partial charge on any atom is -0.445 e. The number of carbonyl (C=O) groups excluding carboxylic acids is 3. The molecule has 9 heteroatoms. The minimum absolute atomic E-state index is 0.0811. The van der Waals surface area contributed by atoms with E-state index in [9.17, 15) is 19.5 Å². The lowest BCUT2D eigenvalue weighted by Gasteiger charge is -2.18. The Morgan fingerprint density at radius 1 is 1.30 bits per heavy atom. The first-order chi connectivity index (χ1) is 12.8. The van der Waals surface area contributed by atoms with E-state index in [-0.39, 0.29) is 26.0 Å². The Hall–Kier alpha value is -3.12. The number of aliphatic hydroxyl groups is 1. The Labute approximate surface area is 157 Å². The lowest BCUT2D eigenvalue weighted by molar-refractivity contribution is -0.128. The van der Waals surface area contributed by atoms with E-state index >= 15 is 0 Å².